The molecular weight excluding hydrogens is 184 g/mol. The molecule has 2 atom stereocenters. The molecule has 0 amide bonds. The summed E-state index contributed by atoms with van der Waals surface area (Å²) in [5, 5.41) is 3.66. The molecule has 90 valence electrons. The molecule has 0 aromatic carbocycles. The van der Waals surface area contributed by atoms with E-state index in [9.17, 15) is 0 Å². The Kier molecular flexibility index (Phi) is 5.62. The van der Waals surface area contributed by atoms with Crippen LogP contribution in [0.4, 0.5) is 0 Å². The van der Waals surface area contributed by atoms with Crippen LogP contribution in [0.3, 0.4) is 0 Å². The highest BCUT2D eigenvalue weighted by Crippen LogP contribution is 2.14. The predicted octanol–water partition coefficient (Wildman–Crippen LogP) is 2.49. The van der Waals surface area contributed by atoms with Gasteiger partial charge in [-0.2, -0.15) is 0 Å². The standard InChI is InChI=1S/C13H28N2/c1-5-7-13-10-15(9-6-8-14-13)12(4)11(2)3/h11-14H,5-10H2,1-4H3. The highest BCUT2D eigenvalue weighted by Gasteiger charge is 2.22. The highest BCUT2D eigenvalue weighted by atomic mass is 15.2. The van der Waals surface area contributed by atoms with Crippen LogP contribution in [0, 0.1) is 5.92 Å². The van der Waals surface area contributed by atoms with Crippen LogP contribution in [0.2, 0.25) is 0 Å². The van der Waals surface area contributed by atoms with Crippen molar-refractivity contribution in [2.24, 2.45) is 5.92 Å². The molecule has 1 rings (SSSR count). The normalized spacial score (nSPS) is 26.6. The molecule has 0 radical (unpaired) electrons. The Morgan fingerprint density at radius 2 is 2.07 bits per heavy atom. The third-order valence-corrected chi connectivity index (χ3v) is 3.69. The van der Waals surface area contributed by atoms with E-state index in [1.54, 1.807) is 0 Å². The van der Waals surface area contributed by atoms with Crippen LogP contribution in [-0.4, -0.2) is 36.6 Å². The van der Waals surface area contributed by atoms with E-state index in [1.807, 2.05) is 0 Å². The third kappa shape index (κ3) is 4.12. The van der Waals surface area contributed by atoms with Gasteiger partial charge in [0.2, 0.25) is 0 Å². The number of rotatable bonds is 4. The van der Waals surface area contributed by atoms with Gasteiger partial charge in [-0.1, -0.05) is 27.2 Å². The largest absolute Gasteiger partial charge is 0.313 e. The summed E-state index contributed by atoms with van der Waals surface area (Å²) >= 11 is 0. The molecule has 15 heavy (non-hydrogen) atoms. The van der Waals surface area contributed by atoms with Gasteiger partial charge in [0.25, 0.3) is 0 Å². The Morgan fingerprint density at radius 1 is 1.33 bits per heavy atom. The van der Waals surface area contributed by atoms with Gasteiger partial charge in [0.1, 0.15) is 0 Å². The maximum Gasteiger partial charge on any atom is 0.0195 e. The van der Waals surface area contributed by atoms with Crippen molar-refractivity contribution in [3.8, 4) is 0 Å². The van der Waals surface area contributed by atoms with Crippen LogP contribution in [0.5, 0.6) is 0 Å². The van der Waals surface area contributed by atoms with Gasteiger partial charge in [-0.05, 0) is 38.8 Å². The molecule has 1 saturated heterocycles. The lowest BCUT2D eigenvalue weighted by molar-refractivity contribution is 0.163. The summed E-state index contributed by atoms with van der Waals surface area (Å²) in [5.74, 6) is 0.769. The minimum atomic E-state index is 0.721. The zero-order chi connectivity index (χ0) is 11.3. The van der Waals surface area contributed by atoms with Gasteiger partial charge in [-0.25, -0.2) is 0 Å². The summed E-state index contributed by atoms with van der Waals surface area (Å²) in [4.78, 5) is 2.67. The maximum atomic E-state index is 3.66. The van der Waals surface area contributed by atoms with Gasteiger partial charge in [0, 0.05) is 18.6 Å². The van der Waals surface area contributed by atoms with Crippen LogP contribution < -0.4 is 5.32 Å². The Morgan fingerprint density at radius 3 is 2.67 bits per heavy atom. The van der Waals surface area contributed by atoms with Crippen molar-refractivity contribution in [2.75, 3.05) is 19.6 Å². The van der Waals surface area contributed by atoms with E-state index < -0.39 is 0 Å². The van der Waals surface area contributed by atoms with E-state index in [2.05, 4.69) is 37.9 Å². The van der Waals surface area contributed by atoms with E-state index in [0.29, 0.717) is 0 Å². The van der Waals surface area contributed by atoms with Gasteiger partial charge >= 0.3 is 0 Å². The van der Waals surface area contributed by atoms with Crippen molar-refractivity contribution >= 4 is 0 Å². The van der Waals surface area contributed by atoms with Crippen molar-refractivity contribution in [3.63, 3.8) is 0 Å². The average molecular weight is 212 g/mol. The molecule has 0 aliphatic carbocycles. The van der Waals surface area contributed by atoms with Crippen LogP contribution >= 0.6 is 0 Å². The van der Waals surface area contributed by atoms with E-state index in [-0.39, 0.29) is 0 Å². The van der Waals surface area contributed by atoms with Gasteiger partial charge in [0.05, 0.1) is 0 Å². The summed E-state index contributed by atoms with van der Waals surface area (Å²) in [7, 11) is 0. The fourth-order valence-corrected chi connectivity index (χ4v) is 2.36. The van der Waals surface area contributed by atoms with E-state index >= 15 is 0 Å². The van der Waals surface area contributed by atoms with Gasteiger partial charge in [-0.3, -0.25) is 4.90 Å². The van der Waals surface area contributed by atoms with Crippen molar-refractivity contribution in [1.82, 2.24) is 10.2 Å². The molecule has 2 unspecified atom stereocenters. The van der Waals surface area contributed by atoms with Crippen LogP contribution in [0.15, 0.2) is 0 Å². The second kappa shape index (κ2) is 6.49. The summed E-state index contributed by atoms with van der Waals surface area (Å²) in [6.45, 7) is 13.0. The van der Waals surface area contributed by atoms with E-state index in [4.69, 9.17) is 0 Å². The smallest absolute Gasteiger partial charge is 0.0195 e. The Balaban J connectivity index is 2.48. The van der Waals surface area contributed by atoms with Gasteiger partial charge < -0.3 is 5.32 Å². The topological polar surface area (TPSA) is 15.3 Å². The molecule has 0 bridgehead atoms. The van der Waals surface area contributed by atoms with Crippen LogP contribution in [0.1, 0.15) is 47.0 Å². The number of nitrogens with zero attached hydrogens (tertiary/aromatic N) is 1. The fourth-order valence-electron chi connectivity index (χ4n) is 2.36. The summed E-state index contributed by atoms with van der Waals surface area (Å²) in [5.41, 5.74) is 0. The molecule has 0 saturated carbocycles. The number of hydrogen-bond acceptors (Lipinski definition) is 2. The first-order valence-electron chi connectivity index (χ1n) is 6.62. The zero-order valence-electron chi connectivity index (χ0n) is 10.9. The molecule has 0 spiro atoms. The predicted molar refractivity (Wildman–Crippen MR) is 67.2 cm³/mol. The molecule has 2 heteroatoms. The monoisotopic (exact) mass is 212 g/mol. The SMILES string of the molecule is CCCC1CN(C(C)C(C)C)CCCN1. The minimum Gasteiger partial charge on any atom is -0.313 e. The van der Waals surface area contributed by atoms with E-state index in [0.717, 1.165) is 18.0 Å². The molecule has 1 fully saturated rings. The van der Waals surface area contributed by atoms with Crippen LogP contribution in [-0.2, 0) is 0 Å². The first-order valence-corrected chi connectivity index (χ1v) is 6.62. The molecule has 2 nitrogen and oxygen atoms in total. The lowest BCUT2D eigenvalue weighted by atomic mass is 10.0. The molecule has 0 aromatic rings. The first-order chi connectivity index (χ1) is 7.15. The lowest BCUT2D eigenvalue weighted by Gasteiger charge is -2.32. The molecule has 1 aliphatic heterocycles. The van der Waals surface area contributed by atoms with Crippen molar-refractivity contribution < 1.29 is 0 Å². The van der Waals surface area contributed by atoms with Crippen molar-refractivity contribution in [1.29, 1.82) is 0 Å². The third-order valence-electron chi connectivity index (χ3n) is 3.69. The molecule has 0 aromatic heterocycles. The summed E-state index contributed by atoms with van der Waals surface area (Å²) < 4.78 is 0. The lowest BCUT2D eigenvalue weighted by Crippen LogP contribution is -2.43. The zero-order valence-corrected chi connectivity index (χ0v) is 10.9. The fraction of sp³-hybridized carbons (Fsp3) is 1.00. The highest BCUT2D eigenvalue weighted by molar-refractivity contribution is 4.80. The molecule has 1 aliphatic rings. The van der Waals surface area contributed by atoms with E-state index in [1.165, 1.54) is 38.9 Å². The number of nitrogens with one attached hydrogen (secondary N) is 1. The Bertz CT molecular complexity index is 168. The molecular formula is C13H28N2. The second-order valence-corrected chi connectivity index (χ2v) is 5.27. The van der Waals surface area contributed by atoms with Crippen molar-refractivity contribution in [2.45, 2.75) is 59.0 Å². The second-order valence-electron chi connectivity index (χ2n) is 5.27. The summed E-state index contributed by atoms with van der Waals surface area (Å²) in [6, 6.07) is 1.45. The van der Waals surface area contributed by atoms with Crippen molar-refractivity contribution in [3.05, 3.63) is 0 Å². The minimum absolute atomic E-state index is 0.721. The number of hydrogen-bond donors (Lipinski definition) is 1. The molecule has 1 heterocycles. The summed E-state index contributed by atoms with van der Waals surface area (Å²) in [6.07, 6.45) is 3.92. The average Bonchev–Trinajstić information content (AvgIpc) is 2.42. The van der Waals surface area contributed by atoms with Crippen LogP contribution in [0.25, 0.3) is 0 Å². The van der Waals surface area contributed by atoms with Gasteiger partial charge in [-0.15, -0.1) is 0 Å². The maximum absolute atomic E-state index is 3.66. The first kappa shape index (κ1) is 13.0. The van der Waals surface area contributed by atoms with Gasteiger partial charge in [0.15, 0.2) is 0 Å². The Labute approximate surface area is 95.4 Å². The molecule has 1 N–H and O–H groups in total. The quantitative estimate of drug-likeness (QED) is 0.770. The Hall–Kier alpha value is -0.0800.